The minimum atomic E-state index is -3.78. The predicted octanol–water partition coefficient (Wildman–Crippen LogP) is 5.62. The van der Waals surface area contributed by atoms with Gasteiger partial charge in [0.2, 0.25) is 10.0 Å². The summed E-state index contributed by atoms with van der Waals surface area (Å²) in [4.78, 5) is 19.3. The van der Waals surface area contributed by atoms with Crippen molar-refractivity contribution in [1.82, 2.24) is 9.71 Å². The second kappa shape index (κ2) is 10.0. The third kappa shape index (κ3) is 5.21. The first kappa shape index (κ1) is 25.6. The molecule has 1 amide bonds. The molecule has 37 heavy (non-hydrogen) atoms. The molecule has 1 N–H and O–H groups in total. The molecule has 1 aliphatic rings. The van der Waals surface area contributed by atoms with Crippen molar-refractivity contribution in [3.05, 3.63) is 59.2 Å². The van der Waals surface area contributed by atoms with Crippen molar-refractivity contribution in [3.8, 4) is 16.3 Å². The number of aryl methyl sites for hydroxylation is 2. The van der Waals surface area contributed by atoms with Gasteiger partial charge in [0.1, 0.15) is 5.75 Å². The highest BCUT2D eigenvalue weighted by Crippen LogP contribution is 2.40. The largest absolute Gasteiger partial charge is 0.490 e. The molecule has 194 valence electrons. The molecular formula is C28H30N2O5S2. The first-order valence-electron chi connectivity index (χ1n) is 12.3. The molecule has 0 spiro atoms. The molecule has 0 radical (unpaired) electrons. The van der Waals surface area contributed by atoms with E-state index in [-0.39, 0.29) is 11.7 Å². The maximum Gasteiger partial charge on any atom is 0.265 e. The number of pyridine rings is 1. The average Bonchev–Trinajstić information content (AvgIpc) is 3.21. The number of sulfonamides is 1. The molecule has 0 bridgehead atoms. The van der Waals surface area contributed by atoms with E-state index in [4.69, 9.17) is 14.5 Å². The lowest BCUT2D eigenvalue weighted by Crippen LogP contribution is -2.30. The van der Waals surface area contributed by atoms with Gasteiger partial charge in [-0.15, -0.1) is 11.3 Å². The normalized spacial score (nSPS) is 15.7. The second-order valence-electron chi connectivity index (χ2n) is 9.69. The van der Waals surface area contributed by atoms with Gasteiger partial charge in [-0.3, -0.25) is 4.79 Å². The van der Waals surface area contributed by atoms with Crippen LogP contribution in [-0.2, 0) is 14.8 Å². The molecule has 1 fully saturated rings. The topological polar surface area (TPSA) is 94.6 Å². The van der Waals surface area contributed by atoms with Crippen molar-refractivity contribution >= 4 is 48.3 Å². The molecule has 3 heterocycles. The van der Waals surface area contributed by atoms with Crippen LogP contribution in [0.2, 0.25) is 0 Å². The van der Waals surface area contributed by atoms with Crippen molar-refractivity contribution in [2.75, 3.05) is 19.5 Å². The van der Waals surface area contributed by atoms with Crippen molar-refractivity contribution < 1.29 is 22.7 Å². The van der Waals surface area contributed by atoms with Crippen molar-refractivity contribution in [2.24, 2.45) is 5.92 Å². The highest BCUT2D eigenvalue weighted by Gasteiger charge is 2.26. The highest BCUT2D eigenvalue weighted by molar-refractivity contribution is 7.89. The lowest BCUT2D eigenvalue weighted by molar-refractivity contribution is 0.0243. The Labute approximate surface area is 220 Å². The Kier molecular flexibility index (Phi) is 6.95. The zero-order valence-corrected chi connectivity index (χ0v) is 23.0. The standard InChI is InChI=1S/C28H30N2O5S2/c1-16-9-10-23(35-18(3)19-11-13-34-14-12-19)25-21(28(31)30-37(4,32)33)15-22(29-26(16)25)27-17(2)20-7-5-6-8-24(20)36-27/h5-10,15,18-19H,11-14H2,1-4H3,(H,30,31)/t18-/m1/s1. The van der Waals surface area contributed by atoms with E-state index in [0.717, 1.165) is 45.2 Å². The Morgan fingerprint density at radius 3 is 2.59 bits per heavy atom. The van der Waals surface area contributed by atoms with Crippen LogP contribution < -0.4 is 9.46 Å². The van der Waals surface area contributed by atoms with Crippen LogP contribution in [0.5, 0.6) is 5.75 Å². The molecule has 1 saturated heterocycles. The van der Waals surface area contributed by atoms with Gasteiger partial charge in [-0.1, -0.05) is 24.3 Å². The molecule has 0 unspecified atom stereocenters. The number of hydrogen-bond donors (Lipinski definition) is 1. The average molecular weight is 539 g/mol. The molecule has 7 nitrogen and oxygen atoms in total. The van der Waals surface area contributed by atoms with Crippen molar-refractivity contribution in [1.29, 1.82) is 0 Å². The molecule has 1 aliphatic heterocycles. The molecule has 1 atom stereocenters. The van der Waals surface area contributed by atoms with Gasteiger partial charge in [0.25, 0.3) is 5.91 Å². The number of fused-ring (bicyclic) bond motifs is 2. The number of carbonyl (C=O) groups is 1. The number of amides is 1. The van der Waals surface area contributed by atoms with E-state index in [1.165, 1.54) is 0 Å². The van der Waals surface area contributed by atoms with Crippen LogP contribution in [-0.4, -0.2) is 44.9 Å². The monoisotopic (exact) mass is 538 g/mol. The summed E-state index contributed by atoms with van der Waals surface area (Å²) in [6.45, 7) is 7.41. The number of nitrogens with zero attached hydrogens (tertiary/aromatic N) is 1. The molecule has 4 aromatic rings. The molecule has 2 aromatic heterocycles. The van der Waals surface area contributed by atoms with Crippen LogP contribution in [0.1, 0.15) is 41.3 Å². The molecule has 5 rings (SSSR count). The Bertz CT molecular complexity index is 1600. The Balaban J connectivity index is 1.70. The maximum absolute atomic E-state index is 13.4. The summed E-state index contributed by atoms with van der Waals surface area (Å²) in [5, 5.41) is 1.65. The SMILES string of the molecule is Cc1c(-c2cc(C(=O)NS(C)(=O)=O)c3c(O[C@H](C)C4CCOCC4)ccc(C)c3n2)sc2ccccc12. The van der Waals surface area contributed by atoms with Crippen LogP contribution >= 0.6 is 11.3 Å². The lowest BCUT2D eigenvalue weighted by Gasteiger charge is -2.29. The van der Waals surface area contributed by atoms with E-state index in [1.807, 2.05) is 45.0 Å². The quantitative estimate of drug-likeness (QED) is 0.343. The molecule has 2 aromatic carbocycles. The third-order valence-corrected chi connectivity index (χ3v) is 8.82. The zero-order valence-electron chi connectivity index (χ0n) is 21.3. The first-order chi connectivity index (χ1) is 17.6. The Hall–Kier alpha value is -3.01. The van der Waals surface area contributed by atoms with E-state index in [1.54, 1.807) is 17.4 Å². The summed E-state index contributed by atoms with van der Waals surface area (Å²) >= 11 is 1.60. The van der Waals surface area contributed by atoms with Gasteiger partial charge in [-0.25, -0.2) is 18.1 Å². The van der Waals surface area contributed by atoms with Gasteiger partial charge >= 0.3 is 0 Å². The second-order valence-corrected chi connectivity index (χ2v) is 12.5. The number of ether oxygens (including phenoxy) is 2. The van der Waals surface area contributed by atoms with Crippen molar-refractivity contribution in [3.63, 3.8) is 0 Å². The van der Waals surface area contributed by atoms with E-state index in [9.17, 15) is 13.2 Å². The van der Waals surface area contributed by atoms with Crippen LogP contribution in [0.15, 0.2) is 42.5 Å². The number of nitrogens with one attached hydrogen (secondary N) is 1. The highest BCUT2D eigenvalue weighted by atomic mass is 32.2. The fraction of sp³-hybridized carbons (Fsp3) is 0.357. The molecule has 0 aliphatic carbocycles. The number of rotatable bonds is 6. The number of carbonyl (C=O) groups excluding carboxylic acids is 1. The fourth-order valence-corrected chi connectivity index (χ4v) is 6.58. The molecular weight excluding hydrogens is 508 g/mol. The van der Waals surface area contributed by atoms with E-state index in [2.05, 4.69) is 16.9 Å². The first-order valence-corrected chi connectivity index (χ1v) is 15.0. The molecule has 9 heteroatoms. The predicted molar refractivity (Wildman–Crippen MR) is 148 cm³/mol. The number of hydrogen-bond acceptors (Lipinski definition) is 7. The minimum Gasteiger partial charge on any atom is -0.490 e. The summed E-state index contributed by atoms with van der Waals surface area (Å²) in [5.74, 6) is 0.140. The summed E-state index contributed by atoms with van der Waals surface area (Å²) < 4.78 is 39.3. The summed E-state index contributed by atoms with van der Waals surface area (Å²) in [7, 11) is -3.78. The summed E-state index contributed by atoms with van der Waals surface area (Å²) in [5.41, 5.74) is 3.41. The van der Waals surface area contributed by atoms with Gasteiger partial charge in [0, 0.05) is 17.9 Å². The lowest BCUT2D eigenvalue weighted by atomic mass is 9.94. The minimum absolute atomic E-state index is 0.106. The van der Waals surface area contributed by atoms with Crippen molar-refractivity contribution in [2.45, 2.75) is 39.7 Å². The smallest absolute Gasteiger partial charge is 0.265 e. The van der Waals surface area contributed by atoms with Crippen LogP contribution in [0.3, 0.4) is 0 Å². The van der Waals surface area contributed by atoms with Crippen LogP contribution in [0.4, 0.5) is 0 Å². The van der Waals surface area contributed by atoms with Gasteiger partial charge in [-0.2, -0.15) is 0 Å². The van der Waals surface area contributed by atoms with Gasteiger partial charge < -0.3 is 9.47 Å². The summed E-state index contributed by atoms with van der Waals surface area (Å²) in [6, 6.07) is 13.6. The molecule has 0 saturated carbocycles. The Morgan fingerprint density at radius 2 is 1.89 bits per heavy atom. The van der Waals surface area contributed by atoms with E-state index < -0.39 is 15.9 Å². The summed E-state index contributed by atoms with van der Waals surface area (Å²) in [6.07, 6.45) is 2.67. The third-order valence-electron chi connectivity index (χ3n) is 6.97. The maximum atomic E-state index is 13.4. The van der Waals surface area contributed by atoms with Gasteiger partial charge in [0.15, 0.2) is 0 Å². The van der Waals surface area contributed by atoms with E-state index >= 15 is 0 Å². The zero-order chi connectivity index (χ0) is 26.3. The van der Waals surface area contributed by atoms with Gasteiger partial charge in [0.05, 0.1) is 39.4 Å². The Morgan fingerprint density at radius 1 is 1.16 bits per heavy atom. The van der Waals surface area contributed by atoms with E-state index in [0.29, 0.717) is 41.5 Å². The van der Waals surface area contributed by atoms with Crippen LogP contribution in [0.25, 0.3) is 31.6 Å². The number of thiophene rings is 1. The number of aromatic nitrogens is 1. The van der Waals surface area contributed by atoms with Crippen LogP contribution in [0, 0.1) is 19.8 Å². The number of benzene rings is 2. The fourth-order valence-electron chi connectivity index (χ4n) is 4.96. The van der Waals surface area contributed by atoms with Gasteiger partial charge in [-0.05, 0) is 74.2 Å².